The lowest BCUT2D eigenvalue weighted by molar-refractivity contribution is 1.05. The molecular weight excluding hydrogens is 212 g/mol. The van der Waals surface area contributed by atoms with E-state index in [1.54, 1.807) is 24.3 Å². The van der Waals surface area contributed by atoms with Gasteiger partial charge < -0.3 is 4.98 Å². The van der Waals surface area contributed by atoms with E-state index < -0.39 is 0 Å². The molecule has 17 heavy (non-hydrogen) atoms. The summed E-state index contributed by atoms with van der Waals surface area (Å²) in [6, 6.07) is 0. The third kappa shape index (κ3) is 6.30. The van der Waals surface area contributed by atoms with Gasteiger partial charge in [0, 0.05) is 0 Å². The van der Waals surface area contributed by atoms with Gasteiger partial charge >= 0.3 is 0 Å². The van der Waals surface area contributed by atoms with Gasteiger partial charge in [0.1, 0.15) is 0 Å². The van der Waals surface area contributed by atoms with Crippen LogP contribution in [0.5, 0.6) is 0 Å². The molecule has 0 radical (unpaired) electrons. The van der Waals surface area contributed by atoms with Crippen molar-refractivity contribution < 1.29 is 0 Å². The normalized spacial score (nSPS) is 10.6. The molecule has 0 saturated heterocycles. The number of rotatable bonds is 2. The van der Waals surface area contributed by atoms with E-state index in [9.17, 15) is 4.79 Å². The quantitative estimate of drug-likeness (QED) is 0.847. The lowest BCUT2D eigenvalue weighted by Crippen LogP contribution is -2.42. The maximum absolute atomic E-state index is 11.3. The second-order valence-corrected chi connectivity index (χ2v) is 2.34. The number of hydrogen-bond donors (Lipinski definition) is 1. The monoisotopic (exact) mass is 234 g/mol. The van der Waals surface area contributed by atoms with Crippen LogP contribution in [0, 0.1) is 0 Å². The van der Waals surface area contributed by atoms with E-state index >= 15 is 0 Å². The first-order chi connectivity index (χ1) is 8.29. The van der Waals surface area contributed by atoms with Crippen molar-refractivity contribution in [1.82, 2.24) is 9.97 Å². The summed E-state index contributed by atoms with van der Waals surface area (Å²) in [5.41, 5.74) is -0.178. The topological polar surface area (TPSA) is 45.8 Å². The summed E-state index contributed by atoms with van der Waals surface area (Å²) >= 11 is 0. The Morgan fingerprint density at radius 1 is 1.12 bits per heavy atom. The maximum atomic E-state index is 11.3. The van der Waals surface area contributed by atoms with Gasteiger partial charge in [-0.1, -0.05) is 53.0 Å². The third-order valence-electron chi connectivity index (χ3n) is 1.48. The van der Waals surface area contributed by atoms with Gasteiger partial charge in [0.25, 0.3) is 5.56 Å². The predicted octanol–water partition coefficient (Wildman–Crippen LogP) is 1.76. The van der Waals surface area contributed by atoms with Gasteiger partial charge in [0.15, 0.2) is 0 Å². The van der Waals surface area contributed by atoms with Crippen molar-refractivity contribution in [2.75, 3.05) is 0 Å². The summed E-state index contributed by atoms with van der Waals surface area (Å²) in [4.78, 5) is 17.7. The molecule has 1 heterocycles. The summed E-state index contributed by atoms with van der Waals surface area (Å²) in [6.45, 7) is 15.1. The Labute approximate surface area is 103 Å². The van der Waals surface area contributed by atoms with Crippen LogP contribution in [-0.2, 0) is 0 Å². The number of allylic oxidation sites excluding steroid dienone is 2. The Bertz CT molecular complexity index is 484. The molecular formula is C14H22N2O. The Kier molecular flexibility index (Phi) is 12.5. The summed E-state index contributed by atoms with van der Waals surface area (Å²) in [6.07, 6.45) is 7.78. The van der Waals surface area contributed by atoms with Crippen LogP contribution in [0.2, 0.25) is 0 Å². The molecule has 0 fully saturated rings. The molecule has 3 heteroatoms. The van der Waals surface area contributed by atoms with Gasteiger partial charge in [-0.05, 0) is 12.2 Å². The second kappa shape index (κ2) is 12.2. The third-order valence-corrected chi connectivity index (χ3v) is 1.48. The zero-order chi connectivity index (χ0) is 13.7. The molecule has 1 aromatic heterocycles. The largest absolute Gasteiger partial charge is 0.313 e. The summed E-state index contributed by atoms with van der Waals surface area (Å²) in [5, 5.41) is 1.09. The van der Waals surface area contributed by atoms with Gasteiger partial charge in [-0.2, -0.15) is 0 Å². The Balaban J connectivity index is 0. The van der Waals surface area contributed by atoms with Crippen LogP contribution in [0.1, 0.15) is 27.7 Å². The second-order valence-electron chi connectivity index (χ2n) is 2.34. The first-order valence-electron chi connectivity index (χ1n) is 5.79. The number of aromatic nitrogens is 2. The molecule has 0 aliphatic rings. The summed E-state index contributed by atoms with van der Waals surface area (Å²) < 4.78 is 0. The molecule has 0 spiro atoms. The highest BCUT2D eigenvalue weighted by atomic mass is 16.1. The minimum atomic E-state index is -0.178. The molecule has 0 amide bonds. The number of nitrogens with one attached hydrogen (secondary N) is 1. The number of aromatic amines is 1. The van der Waals surface area contributed by atoms with Crippen molar-refractivity contribution in [3.05, 3.63) is 52.6 Å². The Morgan fingerprint density at radius 2 is 1.65 bits per heavy atom. The summed E-state index contributed by atoms with van der Waals surface area (Å²) in [7, 11) is 0. The van der Waals surface area contributed by atoms with E-state index in [-0.39, 0.29) is 5.56 Å². The summed E-state index contributed by atoms with van der Waals surface area (Å²) in [5.74, 6) is 0. The number of hydrogen-bond acceptors (Lipinski definition) is 2. The molecule has 1 N–H and O–H groups in total. The van der Waals surface area contributed by atoms with Crippen LogP contribution < -0.4 is 16.1 Å². The maximum Gasteiger partial charge on any atom is 0.258 e. The minimum Gasteiger partial charge on any atom is -0.313 e. The molecule has 0 aliphatic carbocycles. The van der Waals surface area contributed by atoms with E-state index in [1.165, 1.54) is 6.33 Å². The van der Waals surface area contributed by atoms with Gasteiger partial charge in [-0.3, -0.25) is 4.79 Å². The van der Waals surface area contributed by atoms with Crippen LogP contribution >= 0.6 is 0 Å². The molecule has 0 unspecified atom stereocenters. The molecule has 1 rings (SSSR count). The van der Waals surface area contributed by atoms with E-state index in [4.69, 9.17) is 0 Å². The molecule has 3 nitrogen and oxygen atoms in total. The van der Waals surface area contributed by atoms with Crippen molar-refractivity contribution in [3.8, 4) is 0 Å². The first-order valence-corrected chi connectivity index (χ1v) is 5.79. The molecule has 1 aromatic rings. The van der Waals surface area contributed by atoms with E-state index in [2.05, 4.69) is 23.1 Å². The van der Waals surface area contributed by atoms with E-state index in [0.29, 0.717) is 10.6 Å². The van der Waals surface area contributed by atoms with Crippen LogP contribution in [0.4, 0.5) is 0 Å². The fourth-order valence-electron chi connectivity index (χ4n) is 0.947. The first kappa shape index (κ1) is 17.5. The van der Waals surface area contributed by atoms with Crippen LogP contribution in [0.3, 0.4) is 0 Å². The molecule has 0 bridgehead atoms. The smallest absolute Gasteiger partial charge is 0.258 e. The minimum absolute atomic E-state index is 0.178. The van der Waals surface area contributed by atoms with Gasteiger partial charge in [-0.15, -0.1) is 0 Å². The van der Waals surface area contributed by atoms with Crippen LogP contribution in [0.15, 0.2) is 36.4 Å². The average Bonchev–Trinajstić information content (AvgIpc) is 2.39. The van der Waals surface area contributed by atoms with Crippen molar-refractivity contribution in [2.45, 2.75) is 27.7 Å². The fourth-order valence-corrected chi connectivity index (χ4v) is 0.947. The number of nitrogens with zero attached hydrogens (tertiary/aromatic N) is 1. The van der Waals surface area contributed by atoms with E-state index in [0.717, 1.165) is 0 Å². The fraction of sp³-hybridized carbons (Fsp3) is 0.286. The highest BCUT2D eigenvalue weighted by Gasteiger charge is 1.88. The molecule has 0 atom stereocenters. The highest BCUT2D eigenvalue weighted by molar-refractivity contribution is 5.39. The Hall–Kier alpha value is -1.90. The standard InChI is InChI=1S/C10H10N2O.2C2H6/c1-3-5-8-9(6-4-2)11-7-12-10(8)13;2*1-2/h3-7H,1-2H2,(H,11,12,13);2*1-2H3/b8-5+,9-6+;;. The van der Waals surface area contributed by atoms with E-state index in [1.807, 2.05) is 27.7 Å². The zero-order valence-corrected chi connectivity index (χ0v) is 11.2. The van der Waals surface area contributed by atoms with Gasteiger partial charge in [0.2, 0.25) is 0 Å². The van der Waals surface area contributed by atoms with Crippen molar-refractivity contribution >= 4 is 12.2 Å². The highest BCUT2D eigenvalue weighted by Crippen LogP contribution is 1.63. The van der Waals surface area contributed by atoms with Crippen LogP contribution in [-0.4, -0.2) is 9.97 Å². The molecule has 0 aromatic carbocycles. The Morgan fingerprint density at radius 3 is 2.12 bits per heavy atom. The number of H-pyrrole nitrogens is 1. The lowest BCUT2D eigenvalue weighted by atomic mass is 10.3. The molecule has 0 aliphatic heterocycles. The SMILES string of the molecule is C=C/C=c1/nc[nH]c(=O)/c1=C/C=C.CC.CC. The van der Waals surface area contributed by atoms with Crippen molar-refractivity contribution in [2.24, 2.45) is 0 Å². The predicted molar refractivity (Wildman–Crippen MR) is 76.1 cm³/mol. The van der Waals surface area contributed by atoms with Crippen molar-refractivity contribution in [1.29, 1.82) is 0 Å². The lowest BCUT2D eigenvalue weighted by Gasteiger charge is -1.86. The van der Waals surface area contributed by atoms with Crippen LogP contribution in [0.25, 0.3) is 12.2 Å². The zero-order valence-electron chi connectivity index (χ0n) is 11.2. The molecule has 94 valence electrons. The van der Waals surface area contributed by atoms with Gasteiger partial charge in [-0.25, -0.2) is 4.98 Å². The average molecular weight is 234 g/mol. The molecule has 0 saturated carbocycles. The van der Waals surface area contributed by atoms with Gasteiger partial charge in [0.05, 0.1) is 16.9 Å². The van der Waals surface area contributed by atoms with Crippen molar-refractivity contribution in [3.63, 3.8) is 0 Å².